The van der Waals surface area contributed by atoms with E-state index < -0.39 is 22.0 Å². The number of carbonyl (C=O) groups excluding carboxylic acids is 2. The van der Waals surface area contributed by atoms with Crippen molar-refractivity contribution in [3.8, 4) is 5.75 Å². The molecule has 0 radical (unpaired) electrons. The zero-order valence-electron chi connectivity index (χ0n) is 16.9. The first kappa shape index (κ1) is 21.6. The van der Waals surface area contributed by atoms with Gasteiger partial charge in [-0.25, -0.2) is 8.42 Å². The number of hydrogen-bond acceptors (Lipinski definition) is 5. The molecule has 0 saturated heterocycles. The molecular weight excluding hydrogens is 406 g/mol. The van der Waals surface area contributed by atoms with Crippen molar-refractivity contribution in [1.29, 1.82) is 0 Å². The van der Waals surface area contributed by atoms with Crippen molar-refractivity contribution in [2.45, 2.75) is 25.9 Å². The number of hydrogen-bond donors (Lipinski definition) is 2. The van der Waals surface area contributed by atoms with Gasteiger partial charge in [-0.3, -0.25) is 13.9 Å². The second-order valence-corrected chi connectivity index (χ2v) is 8.92. The van der Waals surface area contributed by atoms with E-state index in [1.54, 1.807) is 48.5 Å². The molecule has 2 aromatic carbocycles. The minimum Gasteiger partial charge on any atom is -0.476 e. The van der Waals surface area contributed by atoms with Crippen LogP contribution >= 0.6 is 0 Å². The summed E-state index contributed by atoms with van der Waals surface area (Å²) in [5.74, 6) is -0.515. The monoisotopic (exact) mass is 431 g/mol. The van der Waals surface area contributed by atoms with E-state index in [0.29, 0.717) is 29.2 Å². The number of fused-ring (bicyclic) bond motifs is 1. The van der Waals surface area contributed by atoms with Crippen LogP contribution in [-0.4, -0.2) is 45.7 Å². The Labute approximate surface area is 176 Å². The van der Waals surface area contributed by atoms with E-state index in [1.165, 1.54) is 0 Å². The lowest BCUT2D eigenvalue weighted by molar-refractivity contribution is -0.122. The second kappa shape index (κ2) is 9.17. The molecule has 0 fully saturated rings. The van der Waals surface area contributed by atoms with Crippen LogP contribution in [0.3, 0.4) is 0 Å². The first-order valence-corrected chi connectivity index (χ1v) is 11.6. The lowest BCUT2D eigenvalue weighted by Crippen LogP contribution is -2.48. The molecule has 1 atom stereocenters. The molecule has 0 spiro atoms. The van der Waals surface area contributed by atoms with Gasteiger partial charge in [-0.1, -0.05) is 37.6 Å². The van der Waals surface area contributed by atoms with Crippen molar-refractivity contribution in [2.24, 2.45) is 0 Å². The molecule has 8 nitrogen and oxygen atoms in total. The number of amides is 2. The SMILES string of the molecule is CCCCNC(=O)c1ccccc1NC(=O)[C@H]1CN(S(C)(=O)=O)c2ccccc2O1. The number of anilines is 2. The highest BCUT2D eigenvalue weighted by Crippen LogP contribution is 2.34. The number of para-hydroxylation sites is 3. The van der Waals surface area contributed by atoms with Gasteiger partial charge in [-0.15, -0.1) is 0 Å². The first-order valence-electron chi connectivity index (χ1n) is 9.72. The molecule has 0 saturated carbocycles. The van der Waals surface area contributed by atoms with Gasteiger partial charge in [-0.05, 0) is 30.7 Å². The van der Waals surface area contributed by atoms with Gasteiger partial charge in [0.2, 0.25) is 10.0 Å². The van der Waals surface area contributed by atoms with Gasteiger partial charge < -0.3 is 15.4 Å². The second-order valence-electron chi connectivity index (χ2n) is 7.01. The Morgan fingerprint density at radius 3 is 2.57 bits per heavy atom. The molecule has 0 aromatic heterocycles. The smallest absolute Gasteiger partial charge is 0.267 e. The Bertz CT molecular complexity index is 1040. The molecule has 1 aliphatic rings. The minimum atomic E-state index is -3.60. The zero-order valence-corrected chi connectivity index (χ0v) is 17.7. The summed E-state index contributed by atoms with van der Waals surface area (Å²) >= 11 is 0. The van der Waals surface area contributed by atoms with Crippen molar-refractivity contribution < 1.29 is 22.7 Å². The largest absolute Gasteiger partial charge is 0.476 e. The van der Waals surface area contributed by atoms with Gasteiger partial charge in [0, 0.05) is 6.54 Å². The van der Waals surface area contributed by atoms with E-state index in [0.717, 1.165) is 23.4 Å². The number of unbranched alkanes of at least 4 members (excludes halogenated alkanes) is 1. The summed E-state index contributed by atoms with van der Waals surface area (Å²) in [4.78, 5) is 25.4. The van der Waals surface area contributed by atoms with Crippen LogP contribution < -0.4 is 19.7 Å². The predicted molar refractivity (Wildman–Crippen MR) is 115 cm³/mol. The maximum absolute atomic E-state index is 12.9. The lowest BCUT2D eigenvalue weighted by Gasteiger charge is -2.33. The van der Waals surface area contributed by atoms with Crippen LogP contribution in [0, 0.1) is 0 Å². The third-order valence-electron chi connectivity index (χ3n) is 4.67. The minimum absolute atomic E-state index is 0.160. The standard InChI is InChI=1S/C21H25N3O5S/c1-3-4-13-22-20(25)15-9-5-6-10-16(15)23-21(26)19-14-24(30(2,27)28)17-11-7-8-12-18(17)29-19/h5-12,19H,3-4,13-14H2,1-2H3,(H,22,25)(H,23,26)/t19-/m1/s1. The van der Waals surface area contributed by atoms with Crippen LogP contribution in [-0.2, 0) is 14.8 Å². The highest BCUT2D eigenvalue weighted by molar-refractivity contribution is 7.92. The van der Waals surface area contributed by atoms with Gasteiger partial charge >= 0.3 is 0 Å². The molecule has 3 rings (SSSR count). The summed E-state index contributed by atoms with van der Waals surface area (Å²) < 4.78 is 31.4. The fourth-order valence-corrected chi connectivity index (χ4v) is 4.04. The lowest BCUT2D eigenvalue weighted by atomic mass is 10.1. The summed E-state index contributed by atoms with van der Waals surface area (Å²) in [7, 11) is -3.60. The molecule has 1 heterocycles. The summed E-state index contributed by atoms with van der Waals surface area (Å²) in [5, 5.41) is 5.53. The summed E-state index contributed by atoms with van der Waals surface area (Å²) in [5.41, 5.74) is 1.06. The Morgan fingerprint density at radius 1 is 1.13 bits per heavy atom. The topological polar surface area (TPSA) is 105 Å². The van der Waals surface area contributed by atoms with E-state index >= 15 is 0 Å². The fraction of sp³-hybridized carbons (Fsp3) is 0.333. The molecule has 0 unspecified atom stereocenters. The van der Waals surface area contributed by atoms with Crippen molar-refractivity contribution in [3.05, 3.63) is 54.1 Å². The molecule has 160 valence electrons. The van der Waals surface area contributed by atoms with Crippen LogP contribution in [0.15, 0.2) is 48.5 Å². The molecule has 30 heavy (non-hydrogen) atoms. The van der Waals surface area contributed by atoms with Crippen LogP contribution in [0.4, 0.5) is 11.4 Å². The Hall–Kier alpha value is -3.07. The number of sulfonamides is 1. The number of rotatable bonds is 7. The molecule has 0 bridgehead atoms. The van der Waals surface area contributed by atoms with E-state index in [9.17, 15) is 18.0 Å². The van der Waals surface area contributed by atoms with Crippen molar-refractivity contribution in [2.75, 3.05) is 29.0 Å². The van der Waals surface area contributed by atoms with Crippen LogP contribution in [0.1, 0.15) is 30.1 Å². The van der Waals surface area contributed by atoms with Crippen molar-refractivity contribution in [3.63, 3.8) is 0 Å². The molecule has 0 aliphatic carbocycles. The maximum Gasteiger partial charge on any atom is 0.267 e. The van der Waals surface area contributed by atoms with Gasteiger partial charge in [0.25, 0.3) is 11.8 Å². The number of benzene rings is 2. The van der Waals surface area contributed by atoms with Crippen LogP contribution in [0.5, 0.6) is 5.75 Å². The zero-order chi connectivity index (χ0) is 21.7. The molecule has 9 heteroatoms. The normalized spacial score (nSPS) is 15.7. The fourth-order valence-electron chi connectivity index (χ4n) is 3.13. The summed E-state index contributed by atoms with van der Waals surface area (Å²) in [6, 6.07) is 13.3. The number of ether oxygens (including phenoxy) is 1. The van der Waals surface area contributed by atoms with E-state index in [2.05, 4.69) is 10.6 Å². The van der Waals surface area contributed by atoms with Crippen molar-refractivity contribution >= 4 is 33.2 Å². The average Bonchev–Trinajstić information content (AvgIpc) is 2.72. The molecule has 2 amide bonds. The summed E-state index contributed by atoms with van der Waals surface area (Å²) in [6.45, 7) is 2.42. The quantitative estimate of drug-likeness (QED) is 0.655. The Kier molecular flexibility index (Phi) is 6.61. The molecule has 1 aliphatic heterocycles. The average molecular weight is 432 g/mol. The van der Waals surface area contributed by atoms with E-state index in [-0.39, 0.29) is 12.5 Å². The third kappa shape index (κ3) is 4.91. The third-order valence-corrected chi connectivity index (χ3v) is 5.82. The predicted octanol–water partition coefficient (Wildman–Crippen LogP) is 2.38. The van der Waals surface area contributed by atoms with Crippen LogP contribution in [0.25, 0.3) is 0 Å². The molecular formula is C21H25N3O5S. The van der Waals surface area contributed by atoms with E-state index in [4.69, 9.17) is 4.74 Å². The highest BCUT2D eigenvalue weighted by Gasteiger charge is 2.35. The van der Waals surface area contributed by atoms with Gasteiger partial charge in [-0.2, -0.15) is 0 Å². The maximum atomic E-state index is 12.9. The van der Waals surface area contributed by atoms with Crippen LogP contribution in [0.2, 0.25) is 0 Å². The van der Waals surface area contributed by atoms with Gasteiger partial charge in [0.05, 0.1) is 29.7 Å². The number of nitrogens with one attached hydrogen (secondary N) is 2. The Morgan fingerprint density at radius 2 is 1.83 bits per heavy atom. The molecule has 2 aromatic rings. The highest BCUT2D eigenvalue weighted by atomic mass is 32.2. The van der Waals surface area contributed by atoms with Crippen molar-refractivity contribution in [1.82, 2.24) is 5.32 Å². The Balaban J connectivity index is 1.80. The molecule has 2 N–H and O–H groups in total. The van der Waals surface area contributed by atoms with Gasteiger partial charge in [0.15, 0.2) is 6.10 Å². The first-order chi connectivity index (χ1) is 14.3. The van der Waals surface area contributed by atoms with Gasteiger partial charge in [0.1, 0.15) is 5.75 Å². The summed E-state index contributed by atoms with van der Waals surface area (Å²) in [6.07, 6.45) is 1.83. The number of nitrogens with zero attached hydrogens (tertiary/aromatic N) is 1. The number of carbonyl (C=O) groups is 2. The van der Waals surface area contributed by atoms with E-state index in [1.807, 2.05) is 6.92 Å².